The first kappa shape index (κ1) is 21.8. The van der Waals surface area contributed by atoms with Crippen molar-refractivity contribution in [3.63, 3.8) is 0 Å². The second-order valence-corrected chi connectivity index (χ2v) is 8.12. The quantitative estimate of drug-likeness (QED) is 0.243. The molecule has 1 aliphatic heterocycles. The van der Waals surface area contributed by atoms with E-state index in [1.807, 2.05) is 31.2 Å². The Labute approximate surface area is 192 Å². The van der Waals surface area contributed by atoms with Crippen molar-refractivity contribution in [3.05, 3.63) is 84.1 Å². The number of fused-ring (bicyclic) bond motifs is 2. The van der Waals surface area contributed by atoms with E-state index in [4.69, 9.17) is 14.2 Å². The number of carbonyl (C=O) groups is 1. The molecule has 0 aromatic heterocycles. The number of benzene rings is 3. The summed E-state index contributed by atoms with van der Waals surface area (Å²) >= 11 is 1.80. The third-order valence-electron chi connectivity index (χ3n) is 4.98. The lowest BCUT2D eigenvalue weighted by atomic mass is 10.2. The predicted molar refractivity (Wildman–Crippen MR) is 128 cm³/mol. The molecule has 0 bridgehead atoms. The minimum absolute atomic E-state index is 0.184. The average Bonchev–Trinajstić information content (AvgIpc) is 2.83. The summed E-state index contributed by atoms with van der Waals surface area (Å²) in [5.41, 5.74) is 3.24. The second-order valence-electron chi connectivity index (χ2n) is 7.04. The molecule has 5 nitrogen and oxygen atoms in total. The monoisotopic (exact) mass is 447 g/mol. The van der Waals surface area contributed by atoms with Gasteiger partial charge >= 0.3 is 5.97 Å². The predicted octanol–water partition coefficient (Wildman–Crippen LogP) is 5.92. The third kappa shape index (κ3) is 4.92. The van der Waals surface area contributed by atoms with Crippen LogP contribution in [0.3, 0.4) is 0 Å². The Bertz CT molecular complexity index is 1070. The van der Waals surface area contributed by atoms with Gasteiger partial charge in [-0.15, -0.1) is 0 Å². The largest absolute Gasteiger partial charge is 0.492 e. The van der Waals surface area contributed by atoms with E-state index in [9.17, 15) is 4.79 Å². The third-order valence-corrected chi connectivity index (χ3v) is 6.11. The first-order valence-corrected chi connectivity index (χ1v) is 11.3. The number of esters is 1. The smallest absolute Gasteiger partial charge is 0.373 e. The maximum absolute atomic E-state index is 11.8. The molecule has 0 radical (unpaired) electrons. The van der Waals surface area contributed by atoms with Gasteiger partial charge in [-0.2, -0.15) is 0 Å². The van der Waals surface area contributed by atoms with Crippen LogP contribution in [0.5, 0.6) is 5.75 Å². The first-order chi connectivity index (χ1) is 15.7. The van der Waals surface area contributed by atoms with E-state index in [0.717, 1.165) is 17.9 Å². The Hall–Kier alpha value is -3.38. The van der Waals surface area contributed by atoms with Crippen molar-refractivity contribution in [1.82, 2.24) is 0 Å². The van der Waals surface area contributed by atoms with Crippen molar-refractivity contribution < 1.29 is 19.0 Å². The Morgan fingerprint density at radius 3 is 2.16 bits per heavy atom. The molecule has 4 rings (SSSR count). The van der Waals surface area contributed by atoms with Crippen LogP contribution in [0.25, 0.3) is 6.08 Å². The zero-order valence-electron chi connectivity index (χ0n) is 18.1. The van der Waals surface area contributed by atoms with Crippen LogP contribution in [-0.4, -0.2) is 32.8 Å². The van der Waals surface area contributed by atoms with Gasteiger partial charge in [0.05, 0.1) is 31.6 Å². The van der Waals surface area contributed by atoms with Gasteiger partial charge in [-0.05, 0) is 55.0 Å². The molecule has 0 unspecified atom stereocenters. The van der Waals surface area contributed by atoms with E-state index in [2.05, 4.69) is 53.4 Å². The summed E-state index contributed by atoms with van der Waals surface area (Å²) in [6.07, 6.45) is 1.67. The van der Waals surface area contributed by atoms with Crippen molar-refractivity contribution in [1.29, 1.82) is 0 Å². The van der Waals surface area contributed by atoms with E-state index in [-0.39, 0.29) is 5.76 Å². The molecular weight excluding hydrogens is 422 g/mol. The summed E-state index contributed by atoms with van der Waals surface area (Å²) in [5.74, 6) is 0.461. The van der Waals surface area contributed by atoms with Crippen LogP contribution in [0, 0.1) is 0 Å². The molecule has 32 heavy (non-hydrogen) atoms. The van der Waals surface area contributed by atoms with E-state index in [0.29, 0.717) is 13.2 Å². The van der Waals surface area contributed by atoms with Gasteiger partial charge in [0.25, 0.3) is 0 Å². The molecule has 0 saturated heterocycles. The molecule has 3 aromatic rings. The van der Waals surface area contributed by atoms with Gasteiger partial charge in [0, 0.05) is 9.79 Å². The summed E-state index contributed by atoms with van der Waals surface area (Å²) in [6, 6.07) is 24.4. The van der Waals surface area contributed by atoms with Crippen molar-refractivity contribution in [3.8, 4) is 5.75 Å². The molecule has 0 fully saturated rings. The maximum atomic E-state index is 11.8. The van der Waals surface area contributed by atoms with Crippen molar-refractivity contribution in [2.75, 3.05) is 31.8 Å². The highest BCUT2D eigenvalue weighted by atomic mass is 32.2. The summed E-state index contributed by atoms with van der Waals surface area (Å²) in [4.78, 5) is 16.6. The number of ether oxygens (including phenoxy) is 3. The van der Waals surface area contributed by atoms with E-state index in [1.165, 1.54) is 28.3 Å². The Morgan fingerprint density at radius 2 is 1.56 bits per heavy atom. The molecule has 0 spiro atoms. The zero-order valence-corrected chi connectivity index (χ0v) is 18.9. The van der Waals surface area contributed by atoms with Crippen LogP contribution < -0.4 is 9.64 Å². The van der Waals surface area contributed by atoms with Gasteiger partial charge in [-0.25, -0.2) is 4.79 Å². The molecule has 0 saturated carbocycles. The highest BCUT2D eigenvalue weighted by Crippen LogP contribution is 2.47. The van der Waals surface area contributed by atoms with Crippen LogP contribution in [-0.2, 0) is 14.3 Å². The highest BCUT2D eigenvalue weighted by molar-refractivity contribution is 7.99. The molecule has 0 atom stereocenters. The minimum Gasteiger partial charge on any atom is -0.492 e. The van der Waals surface area contributed by atoms with Crippen LogP contribution >= 0.6 is 11.8 Å². The van der Waals surface area contributed by atoms with Crippen LogP contribution in [0.15, 0.2) is 88.3 Å². The number of nitrogens with zero attached hydrogens (tertiary/aromatic N) is 1. The molecule has 164 valence electrons. The topological polar surface area (TPSA) is 48.0 Å². The van der Waals surface area contributed by atoms with E-state index < -0.39 is 5.97 Å². The van der Waals surface area contributed by atoms with Crippen molar-refractivity contribution in [2.24, 2.45) is 0 Å². The lowest BCUT2D eigenvalue weighted by Gasteiger charge is -2.32. The summed E-state index contributed by atoms with van der Waals surface area (Å²) in [5, 5.41) is 0. The summed E-state index contributed by atoms with van der Waals surface area (Å²) < 4.78 is 16.1. The van der Waals surface area contributed by atoms with Crippen LogP contribution in [0.2, 0.25) is 0 Å². The molecule has 0 amide bonds. The number of rotatable bonds is 8. The van der Waals surface area contributed by atoms with Crippen molar-refractivity contribution >= 4 is 35.2 Å². The molecule has 0 aliphatic carbocycles. The maximum Gasteiger partial charge on any atom is 0.373 e. The Balaban J connectivity index is 1.43. The highest BCUT2D eigenvalue weighted by Gasteiger charge is 2.22. The van der Waals surface area contributed by atoms with Gasteiger partial charge in [-0.3, -0.25) is 0 Å². The number of para-hydroxylation sites is 2. The fourth-order valence-electron chi connectivity index (χ4n) is 3.50. The van der Waals surface area contributed by atoms with Gasteiger partial charge in [0.15, 0.2) is 0 Å². The van der Waals surface area contributed by atoms with Gasteiger partial charge < -0.3 is 19.1 Å². The van der Waals surface area contributed by atoms with E-state index >= 15 is 0 Å². The van der Waals surface area contributed by atoms with Crippen LogP contribution in [0.4, 0.5) is 11.4 Å². The molecule has 1 aliphatic rings. The van der Waals surface area contributed by atoms with Crippen LogP contribution in [0.1, 0.15) is 12.5 Å². The lowest BCUT2D eigenvalue weighted by Crippen LogP contribution is -2.26. The number of hydrogen-bond donors (Lipinski definition) is 0. The van der Waals surface area contributed by atoms with E-state index in [1.54, 1.807) is 17.8 Å². The Kier molecular flexibility index (Phi) is 7.02. The number of carbonyl (C=O) groups excluding carboxylic acids is 1. The summed E-state index contributed by atoms with van der Waals surface area (Å²) in [7, 11) is 1.34. The standard InChI is InChI=1S/C26H25NO4S/c1-3-30-23(26(28)29-2)18-19-12-14-20(15-13-19)31-17-16-27-21-8-4-6-10-24(21)32-25-11-7-5-9-22(25)27/h4-15,18H,3,16-17H2,1-2H3/b23-18+. The number of methoxy groups -OCH3 is 1. The second kappa shape index (κ2) is 10.3. The molecular formula is C26H25NO4S. The first-order valence-electron chi connectivity index (χ1n) is 10.5. The minimum atomic E-state index is -0.493. The molecule has 0 N–H and O–H groups in total. The molecule has 1 heterocycles. The fourth-order valence-corrected chi connectivity index (χ4v) is 4.60. The normalized spacial score (nSPS) is 12.6. The SMILES string of the molecule is CCO/C(=C/c1ccc(OCCN2c3ccccc3Sc3ccccc32)cc1)C(=O)OC. The number of hydrogen-bond acceptors (Lipinski definition) is 6. The van der Waals surface area contributed by atoms with Gasteiger partial charge in [0.2, 0.25) is 5.76 Å². The van der Waals surface area contributed by atoms with Gasteiger partial charge in [-0.1, -0.05) is 48.2 Å². The Morgan fingerprint density at radius 1 is 0.938 bits per heavy atom. The average molecular weight is 448 g/mol. The molecule has 3 aromatic carbocycles. The summed E-state index contributed by atoms with van der Waals surface area (Å²) in [6.45, 7) is 3.48. The lowest BCUT2D eigenvalue weighted by molar-refractivity contribution is -0.139. The van der Waals surface area contributed by atoms with Crippen molar-refractivity contribution in [2.45, 2.75) is 16.7 Å². The van der Waals surface area contributed by atoms with Gasteiger partial charge in [0.1, 0.15) is 12.4 Å². The number of anilines is 2. The fraction of sp³-hybridized carbons (Fsp3) is 0.192. The zero-order chi connectivity index (χ0) is 22.3. The molecule has 6 heteroatoms.